The quantitative estimate of drug-likeness (QED) is 0.857. The van der Waals surface area contributed by atoms with E-state index in [1.807, 2.05) is 17.7 Å². The van der Waals surface area contributed by atoms with E-state index >= 15 is 0 Å². The van der Waals surface area contributed by atoms with Crippen LogP contribution < -0.4 is 0 Å². The molecule has 0 atom stereocenters. The van der Waals surface area contributed by atoms with Crippen LogP contribution in [0, 0.1) is 0 Å². The minimum absolute atomic E-state index is 0.00486. The highest BCUT2D eigenvalue weighted by molar-refractivity contribution is 7.99. The molecule has 0 amide bonds. The number of hydrogen-bond acceptors (Lipinski definition) is 3. The average Bonchev–Trinajstić information content (AvgIpc) is 2.52. The lowest BCUT2D eigenvalue weighted by Crippen LogP contribution is -2.00. The summed E-state index contributed by atoms with van der Waals surface area (Å²) >= 11 is 7.05. The first-order valence-corrected chi connectivity index (χ1v) is 5.91. The largest absolute Gasteiger partial charge is 0.481 e. The molecule has 84 valence electrons. The summed E-state index contributed by atoms with van der Waals surface area (Å²) in [6, 6.07) is 5.43. The first kappa shape index (κ1) is 11.3. The number of aromatic nitrogens is 2. The van der Waals surface area contributed by atoms with Crippen LogP contribution in [0.2, 0.25) is 5.02 Å². The molecular weight excluding hydrogens is 248 g/mol. The molecule has 0 aliphatic heterocycles. The van der Waals surface area contributed by atoms with Crippen molar-refractivity contribution in [2.75, 3.05) is 5.75 Å². The maximum absolute atomic E-state index is 10.5. The lowest BCUT2D eigenvalue weighted by atomic mass is 10.3. The number of halogens is 1. The first-order chi connectivity index (χ1) is 7.58. The van der Waals surface area contributed by atoms with Crippen molar-refractivity contribution in [3.63, 3.8) is 0 Å². The number of carboxylic acid groups (broad SMARTS) is 1. The minimum Gasteiger partial charge on any atom is -0.481 e. The van der Waals surface area contributed by atoms with E-state index in [4.69, 9.17) is 16.7 Å². The van der Waals surface area contributed by atoms with Gasteiger partial charge in [-0.2, -0.15) is 0 Å². The Balaban J connectivity index is 2.39. The Morgan fingerprint density at radius 3 is 3.06 bits per heavy atom. The van der Waals surface area contributed by atoms with E-state index in [1.54, 1.807) is 12.1 Å². The summed E-state index contributed by atoms with van der Waals surface area (Å²) in [4.78, 5) is 14.8. The molecule has 0 aliphatic carbocycles. The Bertz CT molecular complexity index is 553. The van der Waals surface area contributed by atoms with Gasteiger partial charge in [0.2, 0.25) is 0 Å². The number of nitrogens with zero attached hydrogens (tertiary/aromatic N) is 2. The number of carbonyl (C=O) groups is 1. The molecule has 1 aromatic heterocycles. The lowest BCUT2D eigenvalue weighted by Gasteiger charge is -1.99. The standard InChI is InChI=1S/C10H9ClN2O2S/c1-13-8-3-2-6(11)4-7(8)12-10(13)16-5-9(14)15/h2-4H,5H2,1H3,(H,14,15). The van der Waals surface area contributed by atoms with Crippen molar-refractivity contribution in [1.29, 1.82) is 0 Å². The van der Waals surface area contributed by atoms with Crippen molar-refractivity contribution in [3.05, 3.63) is 23.2 Å². The Kier molecular flexibility index (Phi) is 3.07. The molecule has 0 aliphatic rings. The van der Waals surface area contributed by atoms with E-state index in [-0.39, 0.29) is 5.75 Å². The lowest BCUT2D eigenvalue weighted by molar-refractivity contribution is -0.133. The molecule has 1 aromatic carbocycles. The predicted octanol–water partition coefficient (Wildman–Crippen LogP) is 2.40. The summed E-state index contributed by atoms with van der Waals surface area (Å²) in [5.74, 6) is -0.847. The maximum atomic E-state index is 10.5. The summed E-state index contributed by atoms with van der Waals surface area (Å²) in [5.41, 5.74) is 1.72. The van der Waals surface area contributed by atoms with E-state index in [0.29, 0.717) is 10.2 Å². The summed E-state index contributed by atoms with van der Waals surface area (Å²) in [5, 5.41) is 9.91. The van der Waals surface area contributed by atoms with Gasteiger partial charge in [-0.15, -0.1) is 0 Å². The molecule has 6 heteroatoms. The Morgan fingerprint density at radius 2 is 2.38 bits per heavy atom. The molecule has 0 unspecified atom stereocenters. The van der Waals surface area contributed by atoms with Gasteiger partial charge in [0.25, 0.3) is 0 Å². The molecule has 4 nitrogen and oxygen atoms in total. The second kappa shape index (κ2) is 4.35. The van der Waals surface area contributed by atoms with Crippen molar-refractivity contribution in [1.82, 2.24) is 9.55 Å². The monoisotopic (exact) mass is 256 g/mol. The third-order valence-electron chi connectivity index (χ3n) is 2.13. The molecule has 1 heterocycles. The van der Waals surface area contributed by atoms with Crippen LogP contribution in [0.25, 0.3) is 11.0 Å². The normalized spacial score (nSPS) is 10.9. The minimum atomic E-state index is -0.852. The molecule has 0 saturated heterocycles. The molecule has 0 fully saturated rings. The number of benzene rings is 1. The van der Waals surface area contributed by atoms with Crippen molar-refractivity contribution < 1.29 is 9.90 Å². The smallest absolute Gasteiger partial charge is 0.313 e. The number of hydrogen-bond donors (Lipinski definition) is 1. The van der Waals surface area contributed by atoms with Gasteiger partial charge >= 0.3 is 5.97 Å². The van der Waals surface area contributed by atoms with Crippen LogP contribution in [0.4, 0.5) is 0 Å². The zero-order valence-corrected chi connectivity index (χ0v) is 10.0. The van der Waals surface area contributed by atoms with Crippen LogP contribution in [0.1, 0.15) is 0 Å². The van der Waals surface area contributed by atoms with Gasteiger partial charge in [0.1, 0.15) is 0 Å². The van der Waals surface area contributed by atoms with Gasteiger partial charge in [0.05, 0.1) is 16.8 Å². The van der Waals surface area contributed by atoms with Crippen molar-refractivity contribution in [2.24, 2.45) is 7.05 Å². The van der Waals surface area contributed by atoms with Crippen LogP contribution in [-0.4, -0.2) is 26.4 Å². The van der Waals surface area contributed by atoms with E-state index in [1.165, 1.54) is 11.8 Å². The fraction of sp³-hybridized carbons (Fsp3) is 0.200. The maximum Gasteiger partial charge on any atom is 0.313 e. The van der Waals surface area contributed by atoms with Crippen molar-refractivity contribution >= 4 is 40.4 Å². The first-order valence-electron chi connectivity index (χ1n) is 4.54. The highest BCUT2D eigenvalue weighted by Crippen LogP contribution is 2.24. The van der Waals surface area contributed by atoms with Gasteiger partial charge in [0.15, 0.2) is 5.16 Å². The zero-order valence-electron chi connectivity index (χ0n) is 8.48. The van der Waals surface area contributed by atoms with Crippen LogP contribution in [0.3, 0.4) is 0 Å². The zero-order chi connectivity index (χ0) is 11.7. The van der Waals surface area contributed by atoms with Crippen LogP contribution in [0.15, 0.2) is 23.4 Å². The Labute approximate surface area is 101 Å². The molecule has 16 heavy (non-hydrogen) atoms. The number of carboxylic acids is 1. The number of aryl methyl sites for hydroxylation is 1. The number of thioether (sulfide) groups is 1. The molecule has 0 radical (unpaired) electrons. The second-order valence-electron chi connectivity index (χ2n) is 3.27. The van der Waals surface area contributed by atoms with E-state index < -0.39 is 5.97 Å². The van der Waals surface area contributed by atoms with Gasteiger partial charge in [-0.3, -0.25) is 4.79 Å². The summed E-state index contributed by atoms with van der Waals surface area (Å²) in [7, 11) is 1.85. The third kappa shape index (κ3) is 2.15. The fourth-order valence-electron chi connectivity index (χ4n) is 1.41. The Hall–Kier alpha value is -1.20. The number of rotatable bonds is 3. The molecule has 0 spiro atoms. The SMILES string of the molecule is Cn1c(SCC(=O)O)nc2cc(Cl)ccc21. The highest BCUT2D eigenvalue weighted by Gasteiger charge is 2.09. The van der Waals surface area contributed by atoms with Gasteiger partial charge in [-0.1, -0.05) is 23.4 Å². The van der Waals surface area contributed by atoms with Crippen LogP contribution in [-0.2, 0) is 11.8 Å². The summed E-state index contributed by atoms with van der Waals surface area (Å²) in [6.07, 6.45) is 0. The van der Waals surface area contributed by atoms with Gasteiger partial charge in [0, 0.05) is 12.1 Å². The highest BCUT2D eigenvalue weighted by atomic mass is 35.5. The molecule has 1 N–H and O–H groups in total. The Morgan fingerprint density at radius 1 is 1.62 bits per heavy atom. The van der Waals surface area contributed by atoms with Gasteiger partial charge in [-0.05, 0) is 18.2 Å². The number of imidazole rings is 1. The molecule has 0 bridgehead atoms. The summed E-state index contributed by atoms with van der Waals surface area (Å²) < 4.78 is 1.86. The van der Waals surface area contributed by atoms with Crippen LogP contribution in [0.5, 0.6) is 0 Å². The van der Waals surface area contributed by atoms with Crippen molar-refractivity contribution in [3.8, 4) is 0 Å². The van der Waals surface area contributed by atoms with E-state index in [9.17, 15) is 4.79 Å². The van der Waals surface area contributed by atoms with E-state index in [2.05, 4.69) is 4.98 Å². The van der Waals surface area contributed by atoms with Crippen LogP contribution >= 0.6 is 23.4 Å². The predicted molar refractivity (Wildman–Crippen MR) is 64.1 cm³/mol. The second-order valence-corrected chi connectivity index (χ2v) is 4.65. The van der Waals surface area contributed by atoms with E-state index in [0.717, 1.165) is 11.0 Å². The topological polar surface area (TPSA) is 55.1 Å². The fourth-order valence-corrected chi connectivity index (χ4v) is 2.28. The van der Waals surface area contributed by atoms with Gasteiger partial charge in [-0.25, -0.2) is 4.98 Å². The molecule has 2 aromatic rings. The molecular formula is C10H9ClN2O2S. The van der Waals surface area contributed by atoms with Gasteiger partial charge < -0.3 is 9.67 Å². The summed E-state index contributed by atoms with van der Waals surface area (Å²) in [6.45, 7) is 0. The third-order valence-corrected chi connectivity index (χ3v) is 3.38. The average molecular weight is 257 g/mol. The number of aliphatic carboxylic acids is 1. The van der Waals surface area contributed by atoms with Crippen molar-refractivity contribution in [2.45, 2.75) is 5.16 Å². The molecule has 2 rings (SSSR count). The number of fused-ring (bicyclic) bond motifs is 1. The molecule has 0 saturated carbocycles.